The van der Waals surface area contributed by atoms with Crippen molar-refractivity contribution >= 4 is 0 Å². The third-order valence-electron chi connectivity index (χ3n) is 0.258. The zero-order valence-corrected chi connectivity index (χ0v) is 5.79. The molecular weight excluding hydrogens is 133 g/mol. The fourth-order valence-corrected chi connectivity index (χ4v) is 0. The lowest BCUT2D eigenvalue weighted by atomic mass is 10.4. The Morgan fingerprint density at radius 1 is 1.29 bits per heavy atom. The molecule has 0 aromatic heterocycles. The third kappa shape index (κ3) is 23.5. The van der Waals surface area contributed by atoms with E-state index in [1.807, 2.05) is 13.8 Å². The van der Waals surface area contributed by atoms with E-state index in [1.54, 1.807) is 0 Å². The SMILES string of the molecule is [C-]#[N+]C(C)C.[Cl-].[Cl-]. The molecule has 1 nitrogen and oxygen atoms in total. The van der Waals surface area contributed by atoms with Crippen LogP contribution in [-0.4, -0.2) is 6.04 Å². The summed E-state index contributed by atoms with van der Waals surface area (Å²) in [5, 5.41) is 0. The molecule has 0 unspecified atom stereocenters. The van der Waals surface area contributed by atoms with Crippen molar-refractivity contribution in [2.45, 2.75) is 19.9 Å². The smallest absolute Gasteiger partial charge is 0.218 e. The van der Waals surface area contributed by atoms with Crippen LogP contribution in [0, 0.1) is 6.57 Å². The molecule has 0 aromatic carbocycles. The Kier molecular flexibility index (Phi) is 21.2. The summed E-state index contributed by atoms with van der Waals surface area (Å²) in [6.45, 7) is 10.0. The van der Waals surface area contributed by atoms with Crippen molar-refractivity contribution in [2.24, 2.45) is 0 Å². The Bertz CT molecular complexity index is 55.2. The van der Waals surface area contributed by atoms with Crippen molar-refractivity contribution < 1.29 is 24.8 Å². The molecule has 0 radical (unpaired) electrons. The quantitative estimate of drug-likeness (QED) is 0.298. The van der Waals surface area contributed by atoms with E-state index >= 15 is 0 Å². The first-order valence-corrected chi connectivity index (χ1v) is 1.64. The van der Waals surface area contributed by atoms with Gasteiger partial charge < -0.3 is 29.7 Å². The molecule has 0 aliphatic rings. The highest BCUT2D eigenvalue weighted by Crippen LogP contribution is 1.79. The average Bonchev–Trinajstić information content (AvgIpc) is 1.38. The first-order chi connectivity index (χ1) is 2.27. The molecule has 0 aliphatic heterocycles. The van der Waals surface area contributed by atoms with Crippen LogP contribution in [0.15, 0.2) is 0 Å². The van der Waals surface area contributed by atoms with Gasteiger partial charge in [-0.3, -0.25) is 0 Å². The average molecular weight is 140 g/mol. The van der Waals surface area contributed by atoms with Gasteiger partial charge in [0.1, 0.15) is 0 Å². The predicted octanol–water partition coefficient (Wildman–Crippen LogP) is -4.68. The highest BCUT2D eigenvalue weighted by molar-refractivity contribution is 4.64. The Labute approximate surface area is 56.7 Å². The monoisotopic (exact) mass is 139 g/mol. The van der Waals surface area contributed by atoms with Crippen LogP contribution >= 0.6 is 0 Å². The minimum atomic E-state index is 0. The van der Waals surface area contributed by atoms with Crippen molar-refractivity contribution in [1.82, 2.24) is 0 Å². The minimum absolute atomic E-state index is 0. The first kappa shape index (κ1) is 15.7. The number of nitrogens with zero attached hydrogens (tertiary/aromatic N) is 1. The molecule has 0 aromatic rings. The second-order valence-electron chi connectivity index (χ2n) is 1.22. The zero-order valence-electron chi connectivity index (χ0n) is 4.28. The molecule has 0 fully saturated rings. The molecule has 7 heavy (non-hydrogen) atoms. The van der Waals surface area contributed by atoms with Crippen LogP contribution in [0.4, 0.5) is 0 Å². The van der Waals surface area contributed by atoms with Crippen molar-refractivity contribution in [3.8, 4) is 0 Å². The molecule has 0 heterocycles. The van der Waals surface area contributed by atoms with Gasteiger partial charge in [-0.25, -0.2) is 6.57 Å². The predicted molar refractivity (Wildman–Crippen MR) is 21.7 cm³/mol. The van der Waals surface area contributed by atoms with E-state index in [9.17, 15) is 0 Å². The van der Waals surface area contributed by atoms with Crippen LogP contribution in [0.3, 0.4) is 0 Å². The highest BCUT2D eigenvalue weighted by atomic mass is 35.5. The van der Waals surface area contributed by atoms with Crippen LogP contribution in [0.1, 0.15) is 13.8 Å². The van der Waals surface area contributed by atoms with Gasteiger partial charge in [0.05, 0.1) is 0 Å². The molecule has 0 bridgehead atoms. The minimum Gasteiger partial charge on any atom is -1.00 e. The molecule has 0 amide bonds. The molecule has 0 N–H and O–H groups in total. The van der Waals surface area contributed by atoms with E-state index in [1.165, 1.54) is 0 Å². The molecule has 44 valence electrons. The van der Waals surface area contributed by atoms with Crippen LogP contribution in [0.2, 0.25) is 0 Å². The largest absolute Gasteiger partial charge is 1.00 e. The normalized spacial score (nSPS) is 5.43. The summed E-state index contributed by atoms with van der Waals surface area (Å²) in [5.74, 6) is 0. The third-order valence-corrected chi connectivity index (χ3v) is 0.258. The van der Waals surface area contributed by atoms with E-state index in [4.69, 9.17) is 6.57 Å². The Hall–Kier alpha value is 0.0700. The summed E-state index contributed by atoms with van der Waals surface area (Å²) in [5.41, 5.74) is 0. The summed E-state index contributed by atoms with van der Waals surface area (Å²) < 4.78 is 0. The zero-order chi connectivity index (χ0) is 4.28. The molecule has 0 aliphatic carbocycles. The lowest BCUT2D eigenvalue weighted by molar-refractivity contribution is -0.00100. The van der Waals surface area contributed by atoms with Crippen LogP contribution in [-0.2, 0) is 0 Å². The molecule has 3 heteroatoms. The number of hydrogen-bond acceptors (Lipinski definition) is 0. The van der Waals surface area contributed by atoms with Crippen molar-refractivity contribution in [3.05, 3.63) is 11.4 Å². The van der Waals surface area contributed by atoms with Gasteiger partial charge >= 0.3 is 0 Å². The maximum absolute atomic E-state index is 6.28. The summed E-state index contributed by atoms with van der Waals surface area (Å²) in [6, 6.07) is 0.176. The van der Waals surface area contributed by atoms with Gasteiger partial charge in [-0.2, -0.15) is 0 Å². The topological polar surface area (TPSA) is 4.36 Å². The van der Waals surface area contributed by atoms with Crippen LogP contribution in [0.5, 0.6) is 0 Å². The molecule has 0 atom stereocenters. The lowest BCUT2D eigenvalue weighted by Crippen LogP contribution is -3.00. The van der Waals surface area contributed by atoms with Crippen molar-refractivity contribution in [2.75, 3.05) is 0 Å². The molecule has 0 saturated carbocycles. The number of rotatable bonds is 0. The summed E-state index contributed by atoms with van der Waals surface area (Å²) >= 11 is 0. The Morgan fingerprint density at radius 2 is 1.43 bits per heavy atom. The standard InChI is InChI=1S/C4H7N.2ClH/c1-4(2)5-3;;/h4H,1-2H3;2*1H/p-2. The summed E-state index contributed by atoms with van der Waals surface area (Å²) in [4.78, 5) is 3.14. The summed E-state index contributed by atoms with van der Waals surface area (Å²) in [7, 11) is 0. The molecule has 0 spiro atoms. The first-order valence-electron chi connectivity index (χ1n) is 1.64. The van der Waals surface area contributed by atoms with Gasteiger partial charge in [-0.1, -0.05) is 0 Å². The van der Waals surface area contributed by atoms with E-state index in [-0.39, 0.29) is 30.9 Å². The molecular formula is C4H7Cl2N-2. The van der Waals surface area contributed by atoms with Crippen molar-refractivity contribution in [1.29, 1.82) is 0 Å². The fraction of sp³-hybridized carbons (Fsp3) is 0.750. The highest BCUT2D eigenvalue weighted by Gasteiger charge is 1.83. The Balaban J connectivity index is -0.0000000800. The van der Waals surface area contributed by atoms with Gasteiger partial charge in [0.15, 0.2) is 0 Å². The lowest BCUT2D eigenvalue weighted by Gasteiger charge is -1.75. The second kappa shape index (κ2) is 9.42. The van der Waals surface area contributed by atoms with Gasteiger partial charge in [0, 0.05) is 13.8 Å². The van der Waals surface area contributed by atoms with Gasteiger partial charge in [-0.15, -0.1) is 0 Å². The molecule has 0 saturated heterocycles. The molecule has 0 rings (SSSR count). The van der Waals surface area contributed by atoms with Gasteiger partial charge in [-0.05, 0) is 0 Å². The van der Waals surface area contributed by atoms with E-state index in [0.29, 0.717) is 0 Å². The maximum Gasteiger partial charge on any atom is 0.218 e. The number of halogens is 2. The van der Waals surface area contributed by atoms with E-state index in [0.717, 1.165) is 0 Å². The van der Waals surface area contributed by atoms with E-state index in [2.05, 4.69) is 4.85 Å². The van der Waals surface area contributed by atoms with E-state index < -0.39 is 0 Å². The van der Waals surface area contributed by atoms with Gasteiger partial charge in [0.25, 0.3) is 0 Å². The maximum atomic E-state index is 6.28. The van der Waals surface area contributed by atoms with Crippen LogP contribution < -0.4 is 24.8 Å². The Morgan fingerprint density at radius 3 is 1.43 bits per heavy atom. The second-order valence-corrected chi connectivity index (χ2v) is 1.22. The fourth-order valence-electron chi connectivity index (χ4n) is 0. The van der Waals surface area contributed by atoms with Crippen molar-refractivity contribution in [3.63, 3.8) is 0 Å². The van der Waals surface area contributed by atoms with Crippen LogP contribution in [0.25, 0.3) is 4.85 Å². The number of hydrogen-bond donors (Lipinski definition) is 0. The van der Waals surface area contributed by atoms with Gasteiger partial charge in [0.2, 0.25) is 6.04 Å². The summed E-state index contributed by atoms with van der Waals surface area (Å²) in [6.07, 6.45) is 0.